The van der Waals surface area contributed by atoms with Crippen LogP contribution in [0.1, 0.15) is 27.9 Å². The first-order valence-corrected chi connectivity index (χ1v) is 13.5. The molecule has 218 valence electrons. The third-order valence-electron chi connectivity index (χ3n) is 6.21. The molecule has 0 aliphatic heterocycles. The number of nitrogens with one attached hydrogen (secondary N) is 2. The van der Waals surface area contributed by atoms with E-state index in [2.05, 4.69) is 5.32 Å². The number of rotatable bonds is 11. The lowest BCUT2D eigenvalue weighted by atomic mass is 9.98. The van der Waals surface area contributed by atoms with Crippen molar-refractivity contribution >= 4 is 40.8 Å². The molecule has 0 unspecified atom stereocenters. The van der Waals surface area contributed by atoms with Crippen LogP contribution in [0, 0.1) is 0 Å². The summed E-state index contributed by atoms with van der Waals surface area (Å²) >= 11 is 12.3. The Kier molecular flexibility index (Phi) is 9.98. The van der Waals surface area contributed by atoms with E-state index in [1.165, 1.54) is 29.6 Å². The largest absolute Gasteiger partial charge is 0.482 e. The van der Waals surface area contributed by atoms with Crippen LogP contribution in [0.15, 0.2) is 84.9 Å². The summed E-state index contributed by atoms with van der Waals surface area (Å²) in [6.07, 6.45) is -3.57. The predicted octanol–water partition coefficient (Wildman–Crippen LogP) is 8.37. The maximum Gasteiger partial charge on any atom is 0.482 e. The lowest BCUT2D eigenvalue weighted by molar-refractivity contribution is -0.136. The number of aryl methyl sites for hydroxylation is 2. The molecule has 11 heteroatoms. The van der Waals surface area contributed by atoms with E-state index in [0.717, 1.165) is 22.3 Å². The molecular weight excluding hydrogens is 592 g/mol. The molecule has 4 rings (SSSR count). The predicted molar refractivity (Wildman–Crippen MR) is 157 cm³/mol. The van der Waals surface area contributed by atoms with Crippen LogP contribution in [0.2, 0.25) is 10.0 Å². The molecule has 4 aromatic carbocycles. The van der Waals surface area contributed by atoms with Crippen LogP contribution in [0.5, 0.6) is 11.5 Å². The number of alkyl halides is 3. The van der Waals surface area contributed by atoms with E-state index in [1.54, 1.807) is 30.3 Å². The van der Waals surface area contributed by atoms with Gasteiger partial charge in [-0.1, -0.05) is 47.5 Å². The highest BCUT2D eigenvalue weighted by molar-refractivity contribution is 6.42. The SMILES string of the molecule is O=C(O)CCNC(=O)c1ccc(CCc2cc(-c3ccc(Cl)c(Cl)c3)ccc2Oc2ccc(NC(F)(F)F)cc2)cc1. The fourth-order valence-electron chi connectivity index (χ4n) is 4.11. The van der Waals surface area contributed by atoms with Crippen LogP contribution in [0.25, 0.3) is 11.1 Å². The Morgan fingerprint density at radius 3 is 2.12 bits per heavy atom. The standard InChI is InChI=1S/C31H25Cl2F3N2O4/c32-26-13-7-22(18-27(26)33)21-8-14-28(42-25-11-9-24(10-12-25)38-31(34,35)36)23(17-21)6-3-19-1-4-20(5-2-19)30(41)37-16-15-29(39)40/h1-2,4-5,7-14,17-18,38H,3,6,15-16H2,(H,37,41)(H,39,40). The molecule has 0 saturated heterocycles. The highest BCUT2D eigenvalue weighted by Crippen LogP contribution is 2.34. The van der Waals surface area contributed by atoms with Crippen molar-refractivity contribution in [2.75, 3.05) is 11.9 Å². The number of carbonyl (C=O) groups excluding carboxylic acids is 1. The third-order valence-corrected chi connectivity index (χ3v) is 6.94. The zero-order valence-corrected chi connectivity index (χ0v) is 23.5. The molecule has 0 saturated carbocycles. The summed E-state index contributed by atoms with van der Waals surface area (Å²) in [7, 11) is 0. The second kappa shape index (κ2) is 13.6. The second-order valence-electron chi connectivity index (χ2n) is 9.30. The second-order valence-corrected chi connectivity index (χ2v) is 10.1. The number of carboxylic acids is 1. The molecule has 6 nitrogen and oxygen atoms in total. The highest BCUT2D eigenvalue weighted by atomic mass is 35.5. The summed E-state index contributed by atoms with van der Waals surface area (Å²) in [5.41, 5.74) is 3.81. The van der Waals surface area contributed by atoms with E-state index < -0.39 is 12.3 Å². The van der Waals surface area contributed by atoms with Crippen LogP contribution in [-0.2, 0) is 17.6 Å². The van der Waals surface area contributed by atoms with E-state index in [9.17, 15) is 22.8 Å². The van der Waals surface area contributed by atoms with Gasteiger partial charge in [0.15, 0.2) is 0 Å². The molecule has 0 radical (unpaired) electrons. The highest BCUT2D eigenvalue weighted by Gasteiger charge is 2.26. The van der Waals surface area contributed by atoms with Crippen molar-refractivity contribution in [3.05, 3.63) is 112 Å². The van der Waals surface area contributed by atoms with Crippen LogP contribution < -0.4 is 15.4 Å². The zero-order valence-electron chi connectivity index (χ0n) is 22.0. The van der Waals surface area contributed by atoms with E-state index in [1.807, 2.05) is 30.3 Å². The summed E-state index contributed by atoms with van der Waals surface area (Å²) < 4.78 is 44.0. The Morgan fingerprint density at radius 2 is 1.48 bits per heavy atom. The average Bonchev–Trinajstić information content (AvgIpc) is 2.94. The van der Waals surface area contributed by atoms with Gasteiger partial charge in [0.05, 0.1) is 16.5 Å². The number of ether oxygens (including phenoxy) is 1. The number of amides is 1. The van der Waals surface area contributed by atoms with Gasteiger partial charge in [-0.15, -0.1) is 0 Å². The molecule has 0 spiro atoms. The molecule has 0 atom stereocenters. The lowest BCUT2D eigenvalue weighted by Crippen LogP contribution is -2.25. The first kappa shape index (κ1) is 30.7. The number of hydrogen-bond acceptors (Lipinski definition) is 4. The smallest absolute Gasteiger partial charge is 0.481 e. The topological polar surface area (TPSA) is 87.7 Å². The molecule has 0 aromatic heterocycles. The van der Waals surface area contributed by atoms with Crippen molar-refractivity contribution < 1.29 is 32.6 Å². The summed E-state index contributed by atoms with van der Waals surface area (Å²) in [5, 5.41) is 13.6. The number of anilines is 1. The fourth-order valence-corrected chi connectivity index (χ4v) is 4.41. The van der Waals surface area contributed by atoms with Crippen molar-refractivity contribution in [2.45, 2.75) is 25.6 Å². The zero-order chi connectivity index (χ0) is 30.3. The minimum atomic E-state index is -4.54. The molecule has 3 N–H and O–H groups in total. The maximum absolute atomic E-state index is 12.6. The first-order chi connectivity index (χ1) is 20.0. The molecule has 0 fully saturated rings. The Balaban J connectivity index is 1.53. The van der Waals surface area contributed by atoms with E-state index in [4.69, 9.17) is 33.0 Å². The quantitative estimate of drug-likeness (QED) is 0.147. The number of hydrogen-bond donors (Lipinski definition) is 3. The Bertz CT molecular complexity index is 1560. The van der Waals surface area contributed by atoms with Gasteiger partial charge in [-0.3, -0.25) is 14.9 Å². The summed E-state index contributed by atoms with van der Waals surface area (Å²) in [5.74, 6) is -0.453. The van der Waals surface area contributed by atoms with Gasteiger partial charge in [0, 0.05) is 17.8 Å². The number of halogens is 5. The van der Waals surface area contributed by atoms with Gasteiger partial charge < -0.3 is 15.2 Å². The van der Waals surface area contributed by atoms with Gasteiger partial charge in [-0.2, -0.15) is 13.2 Å². The molecule has 0 aliphatic carbocycles. The van der Waals surface area contributed by atoms with Crippen LogP contribution in [0.4, 0.5) is 18.9 Å². The van der Waals surface area contributed by atoms with Gasteiger partial charge in [-0.05, 0) is 95.8 Å². The normalized spacial score (nSPS) is 11.2. The number of carbonyl (C=O) groups is 2. The molecule has 0 bridgehead atoms. The van der Waals surface area contributed by atoms with Crippen molar-refractivity contribution in [1.29, 1.82) is 0 Å². The monoisotopic (exact) mass is 616 g/mol. The fraction of sp³-hybridized carbons (Fsp3) is 0.161. The summed E-state index contributed by atoms with van der Waals surface area (Å²) in [6, 6.07) is 23.4. The van der Waals surface area contributed by atoms with Gasteiger partial charge >= 0.3 is 12.3 Å². The number of carboxylic acid groups (broad SMARTS) is 1. The van der Waals surface area contributed by atoms with E-state index >= 15 is 0 Å². The van der Waals surface area contributed by atoms with Gasteiger partial charge in [0.1, 0.15) is 11.5 Å². The van der Waals surface area contributed by atoms with E-state index in [-0.39, 0.29) is 24.6 Å². The number of aliphatic carboxylic acids is 1. The minimum absolute atomic E-state index is 0.0371. The Hall–Kier alpha value is -4.21. The van der Waals surface area contributed by atoms with Crippen molar-refractivity contribution in [3.63, 3.8) is 0 Å². The van der Waals surface area contributed by atoms with Crippen LogP contribution in [-0.4, -0.2) is 29.8 Å². The molecule has 4 aromatic rings. The van der Waals surface area contributed by atoms with Gasteiger partial charge in [-0.25, -0.2) is 0 Å². The number of benzene rings is 4. The average molecular weight is 617 g/mol. The van der Waals surface area contributed by atoms with Crippen molar-refractivity contribution in [3.8, 4) is 22.6 Å². The molecular formula is C31H25Cl2F3N2O4. The third kappa shape index (κ3) is 8.89. The van der Waals surface area contributed by atoms with Crippen LogP contribution in [0.3, 0.4) is 0 Å². The molecule has 42 heavy (non-hydrogen) atoms. The molecule has 1 amide bonds. The summed E-state index contributed by atoms with van der Waals surface area (Å²) in [6.45, 7) is 0.0371. The van der Waals surface area contributed by atoms with Crippen LogP contribution >= 0.6 is 23.2 Å². The van der Waals surface area contributed by atoms with Gasteiger partial charge in [0.25, 0.3) is 5.91 Å². The lowest BCUT2D eigenvalue weighted by Gasteiger charge is -2.15. The first-order valence-electron chi connectivity index (χ1n) is 12.8. The maximum atomic E-state index is 12.6. The summed E-state index contributed by atoms with van der Waals surface area (Å²) in [4.78, 5) is 22.9. The van der Waals surface area contributed by atoms with E-state index in [0.29, 0.717) is 39.9 Å². The molecule has 0 heterocycles. The Labute approximate surface area is 250 Å². The molecule has 0 aliphatic rings. The van der Waals surface area contributed by atoms with Gasteiger partial charge in [0.2, 0.25) is 0 Å². The Morgan fingerprint density at radius 1 is 0.810 bits per heavy atom. The van der Waals surface area contributed by atoms with Crippen molar-refractivity contribution in [1.82, 2.24) is 5.32 Å². The minimum Gasteiger partial charge on any atom is -0.481 e. The van der Waals surface area contributed by atoms with Crippen molar-refractivity contribution in [2.24, 2.45) is 0 Å².